The first-order chi connectivity index (χ1) is 9.29. The van der Waals surface area contributed by atoms with E-state index in [1.807, 2.05) is 0 Å². The van der Waals surface area contributed by atoms with Crippen molar-refractivity contribution in [2.45, 2.75) is 26.2 Å². The van der Waals surface area contributed by atoms with Crippen molar-refractivity contribution in [3.63, 3.8) is 0 Å². The van der Waals surface area contributed by atoms with Crippen molar-refractivity contribution in [2.24, 2.45) is 5.10 Å². The van der Waals surface area contributed by atoms with Gasteiger partial charge in [-0.25, -0.2) is 5.43 Å². The number of nitrogens with zero attached hydrogens (tertiary/aromatic N) is 3. The highest BCUT2D eigenvalue weighted by atomic mass is 16.2. The number of likely N-dealkylation sites (tertiary alicyclic amines) is 1. The maximum Gasteiger partial charge on any atom is 0.289 e. The maximum atomic E-state index is 11.8. The molecule has 1 aromatic heterocycles. The lowest BCUT2D eigenvalue weighted by Gasteiger charge is -2.26. The summed E-state index contributed by atoms with van der Waals surface area (Å²) >= 11 is 0. The Labute approximate surface area is 113 Å². The van der Waals surface area contributed by atoms with E-state index in [4.69, 9.17) is 0 Å². The first kappa shape index (κ1) is 13.7. The number of rotatable bonds is 4. The molecule has 0 spiro atoms. The molecule has 0 bridgehead atoms. The fourth-order valence-corrected chi connectivity index (χ4v) is 2.15. The van der Waals surface area contributed by atoms with Gasteiger partial charge in [0.25, 0.3) is 5.91 Å². The highest BCUT2D eigenvalue weighted by molar-refractivity contribution is 5.94. The van der Waals surface area contributed by atoms with Crippen LogP contribution in [0.1, 0.15) is 36.7 Å². The number of piperidine rings is 1. The molecule has 0 aliphatic carbocycles. The van der Waals surface area contributed by atoms with E-state index in [9.17, 15) is 4.79 Å². The fraction of sp³-hybridized carbons (Fsp3) is 0.500. The minimum atomic E-state index is -0.246. The van der Waals surface area contributed by atoms with Crippen LogP contribution >= 0.6 is 0 Å². The summed E-state index contributed by atoms with van der Waals surface area (Å²) in [6, 6.07) is 5.25. The van der Waals surface area contributed by atoms with Crippen LogP contribution in [0.3, 0.4) is 0 Å². The van der Waals surface area contributed by atoms with Gasteiger partial charge in [0.05, 0.1) is 0 Å². The number of nitrogens with one attached hydrogen (secondary N) is 1. The van der Waals surface area contributed by atoms with Crippen molar-refractivity contribution in [1.82, 2.24) is 15.3 Å². The molecule has 19 heavy (non-hydrogen) atoms. The van der Waals surface area contributed by atoms with Gasteiger partial charge < -0.3 is 4.90 Å². The largest absolute Gasteiger partial charge is 0.303 e. The van der Waals surface area contributed by atoms with Crippen LogP contribution in [0, 0.1) is 0 Å². The molecule has 1 saturated heterocycles. The van der Waals surface area contributed by atoms with Gasteiger partial charge in [0.15, 0.2) is 0 Å². The summed E-state index contributed by atoms with van der Waals surface area (Å²) in [7, 11) is 0. The van der Waals surface area contributed by atoms with Crippen LogP contribution in [0.25, 0.3) is 0 Å². The summed E-state index contributed by atoms with van der Waals surface area (Å²) < 4.78 is 0. The molecule has 0 aromatic carbocycles. The Balaban J connectivity index is 1.82. The van der Waals surface area contributed by atoms with Crippen LogP contribution in [0.4, 0.5) is 0 Å². The third kappa shape index (κ3) is 4.13. The topological polar surface area (TPSA) is 57.6 Å². The highest BCUT2D eigenvalue weighted by Crippen LogP contribution is 2.07. The summed E-state index contributed by atoms with van der Waals surface area (Å²) in [5.74, 6) is -0.246. The first-order valence-electron chi connectivity index (χ1n) is 6.78. The van der Waals surface area contributed by atoms with E-state index in [-0.39, 0.29) is 5.91 Å². The normalized spacial score (nSPS) is 16.2. The smallest absolute Gasteiger partial charge is 0.289 e. The molecule has 5 heteroatoms. The molecule has 1 aromatic rings. The second kappa shape index (κ2) is 6.99. The number of amides is 1. The van der Waals surface area contributed by atoms with E-state index >= 15 is 0 Å². The van der Waals surface area contributed by atoms with Gasteiger partial charge in [-0.1, -0.05) is 13.0 Å². The second-order valence-corrected chi connectivity index (χ2v) is 4.68. The Morgan fingerprint density at radius 3 is 2.84 bits per heavy atom. The zero-order chi connectivity index (χ0) is 13.5. The SMILES string of the molecule is CCCN1CCC(=NNC(=O)c2ccccn2)CC1. The van der Waals surface area contributed by atoms with E-state index in [0.29, 0.717) is 5.69 Å². The Bertz CT molecular complexity index is 434. The highest BCUT2D eigenvalue weighted by Gasteiger charge is 2.14. The molecule has 1 N–H and O–H groups in total. The Hall–Kier alpha value is -1.75. The number of pyridine rings is 1. The molecule has 1 amide bonds. The molecule has 2 rings (SSSR count). The third-order valence-electron chi connectivity index (χ3n) is 3.19. The van der Waals surface area contributed by atoms with E-state index in [1.54, 1.807) is 24.4 Å². The molecular formula is C14H20N4O. The van der Waals surface area contributed by atoms with Crippen molar-refractivity contribution in [3.05, 3.63) is 30.1 Å². The molecule has 1 aliphatic rings. The third-order valence-corrected chi connectivity index (χ3v) is 3.19. The van der Waals surface area contributed by atoms with Crippen molar-refractivity contribution >= 4 is 11.6 Å². The van der Waals surface area contributed by atoms with Crippen LogP contribution in [0.5, 0.6) is 0 Å². The van der Waals surface area contributed by atoms with Crippen LogP contribution < -0.4 is 5.43 Å². The maximum absolute atomic E-state index is 11.8. The molecule has 0 radical (unpaired) electrons. The lowest BCUT2D eigenvalue weighted by molar-refractivity contribution is 0.0949. The summed E-state index contributed by atoms with van der Waals surface area (Å²) in [4.78, 5) is 18.2. The second-order valence-electron chi connectivity index (χ2n) is 4.68. The van der Waals surface area contributed by atoms with Gasteiger partial charge in [-0.05, 0) is 25.1 Å². The first-order valence-corrected chi connectivity index (χ1v) is 6.78. The van der Waals surface area contributed by atoms with Gasteiger partial charge in [-0.2, -0.15) is 5.10 Å². The van der Waals surface area contributed by atoms with Gasteiger partial charge in [-0.15, -0.1) is 0 Å². The minimum absolute atomic E-state index is 0.246. The predicted molar refractivity (Wildman–Crippen MR) is 75.1 cm³/mol. The van der Waals surface area contributed by atoms with Crippen molar-refractivity contribution in [1.29, 1.82) is 0 Å². The summed E-state index contributed by atoms with van der Waals surface area (Å²) in [6.45, 7) is 5.41. The predicted octanol–water partition coefficient (Wildman–Crippen LogP) is 1.67. The quantitative estimate of drug-likeness (QED) is 0.838. The van der Waals surface area contributed by atoms with Crippen LogP contribution in [0.2, 0.25) is 0 Å². The number of hydrazone groups is 1. The fourth-order valence-electron chi connectivity index (χ4n) is 2.15. The zero-order valence-electron chi connectivity index (χ0n) is 11.3. The molecule has 1 aliphatic heterocycles. The standard InChI is InChI=1S/C14H20N4O/c1-2-9-18-10-6-12(7-11-18)16-17-14(19)13-5-3-4-8-15-13/h3-5,8H,2,6-7,9-11H2,1H3,(H,17,19). The number of carbonyl (C=O) groups is 1. The molecule has 2 heterocycles. The zero-order valence-corrected chi connectivity index (χ0v) is 11.3. The van der Waals surface area contributed by atoms with Gasteiger partial charge >= 0.3 is 0 Å². The molecule has 102 valence electrons. The lowest BCUT2D eigenvalue weighted by atomic mass is 10.1. The van der Waals surface area contributed by atoms with Gasteiger partial charge in [0.1, 0.15) is 5.69 Å². The van der Waals surface area contributed by atoms with Crippen molar-refractivity contribution < 1.29 is 4.79 Å². The van der Waals surface area contributed by atoms with Crippen molar-refractivity contribution in [3.8, 4) is 0 Å². The number of aromatic nitrogens is 1. The lowest BCUT2D eigenvalue weighted by Crippen LogP contribution is -2.35. The summed E-state index contributed by atoms with van der Waals surface area (Å²) in [6.07, 6.45) is 4.65. The Kier molecular flexibility index (Phi) is 5.03. The average molecular weight is 260 g/mol. The van der Waals surface area contributed by atoms with E-state index in [1.165, 1.54) is 6.42 Å². The average Bonchev–Trinajstić information content (AvgIpc) is 2.47. The molecule has 0 saturated carbocycles. The van der Waals surface area contributed by atoms with Crippen LogP contribution in [0.15, 0.2) is 29.5 Å². The molecule has 0 unspecified atom stereocenters. The number of hydrogen-bond donors (Lipinski definition) is 1. The molecular weight excluding hydrogens is 240 g/mol. The van der Waals surface area contributed by atoms with Gasteiger partial charge in [-0.3, -0.25) is 9.78 Å². The molecule has 1 fully saturated rings. The van der Waals surface area contributed by atoms with E-state index in [0.717, 1.165) is 38.2 Å². The molecule has 5 nitrogen and oxygen atoms in total. The number of hydrogen-bond acceptors (Lipinski definition) is 4. The Morgan fingerprint density at radius 1 is 1.42 bits per heavy atom. The monoisotopic (exact) mass is 260 g/mol. The number of carbonyl (C=O) groups excluding carboxylic acids is 1. The Morgan fingerprint density at radius 2 is 2.21 bits per heavy atom. The van der Waals surface area contributed by atoms with Gasteiger partial charge in [0, 0.05) is 37.8 Å². The minimum Gasteiger partial charge on any atom is -0.303 e. The van der Waals surface area contributed by atoms with Crippen LogP contribution in [-0.4, -0.2) is 41.1 Å². The van der Waals surface area contributed by atoms with Crippen molar-refractivity contribution in [2.75, 3.05) is 19.6 Å². The molecule has 0 atom stereocenters. The van der Waals surface area contributed by atoms with E-state index < -0.39 is 0 Å². The van der Waals surface area contributed by atoms with E-state index in [2.05, 4.69) is 27.3 Å². The summed E-state index contributed by atoms with van der Waals surface area (Å²) in [5, 5.41) is 4.20. The van der Waals surface area contributed by atoms with Crippen LogP contribution in [-0.2, 0) is 0 Å². The van der Waals surface area contributed by atoms with Gasteiger partial charge in [0.2, 0.25) is 0 Å². The summed E-state index contributed by atoms with van der Waals surface area (Å²) in [5.41, 5.74) is 4.05.